The molecule has 1 aromatic heterocycles. The Labute approximate surface area is 123 Å². The molecule has 0 saturated carbocycles. The largest absolute Gasteiger partial charge is 0.621 e. The van der Waals surface area contributed by atoms with Gasteiger partial charge >= 0.3 is 5.95 Å². The fourth-order valence-corrected chi connectivity index (χ4v) is 2.15. The van der Waals surface area contributed by atoms with Gasteiger partial charge in [0.1, 0.15) is 5.69 Å². The summed E-state index contributed by atoms with van der Waals surface area (Å²) in [5.41, 5.74) is 3.12. The molecule has 21 heavy (non-hydrogen) atoms. The van der Waals surface area contributed by atoms with Gasteiger partial charge in [-0.25, -0.2) is 0 Å². The first-order valence-corrected chi connectivity index (χ1v) is 6.75. The van der Waals surface area contributed by atoms with Gasteiger partial charge in [0.05, 0.1) is 5.69 Å². The van der Waals surface area contributed by atoms with Crippen LogP contribution in [0.1, 0.15) is 5.69 Å². The zero-order chi connectivity index (χ0) is 14.7. The van der Waals surface area contributed by atoms with Gasteiger partial charge in [-0.05, 0) is 25.1 Å². The zero-order valence-corrected chi connectivity index (χ0v) is 11.7. The number of nitrogens with one attached hydrogen (secondary N) is 1. The van der Waals surface area contributed by atoms with Crippen LogP contribution in [-0.4, -0.2) is 9.97 Å². The SMILES string of the molecule is Cc1cc(-c2ccccc2)nc([NH+]([O-])c2ccccc2)n1. The molecule has 104 valence electrons. The Hall–Kier alpha value is -2.56. The second-order valence-electron chi connectivity index (χ2n) is 4.78. The number of para-hydroxylation sites is 1. The lowest BCUT2D eigenvalue weighted by Crippen LogP contribution is -2.97. The van der Waals surface area contributed by atoms with E-state index in [0.29, 0.717) is 5.69 Å². The summed E-state index contributed by atoms with van der Waals surface area (Å²) in [6.07, 6.45) is 0. The maximum atomic E-state index is 12.5. The third kappa shape index (κ3) is 2.97. The Balaban J connectivity index is 2.02. The lowest BCUT2D eigenvalue weighted by Gasteiger charge is -2.19. The molecule has 1 N–H and O–H groups in total. The maximum Gasteiger partial charge on any atom is 0.333 e. The van der Waals surface area contributed by atoms with Crippen molar-refractivity contribution in [1.82, 2.24) is 9.97 Å². The van der Waals surface area contributed by atoms with Crippen LogP contribution < -0.4 is 5.06 Å². The van der Waals surface area contributed by atoms with Crippen molar-refractivity contribution < 1.29 is 5.06 Å². The number of quaternary nitrogens is 1. The second kappa shape index (κ2) is 5.83. The summed E-state index contributed by atoms with van der Waals surface area (Å²) in [4.78, 5) is 8.69. The van der Waals surface area contributed by atoms with E-state index in [4.69, 9.17) is 0 Å². The monoisotopic (exact) mass is 277 g/mol. The Morgan fingerprint density at radius 1 is 0.857 bits per heavy atom. The molecular formula is C17H15N3O. The van der Waals surface area contributed by atoms with Crippen molar-refractivity contribution >= 4 is 11.6 Å². The molecular weight excluding hydrogens is 262 g/mol. The summed E-state index contributed by atoms with van der Waals surface area (Å²) in [6, 6.07) is 20.8. The number of aryl methyl sites for hydroxylation is 1. The molecule has 1 atom stereocenters. The van der Waals surface area contributed by atoms with Crippen LogP contribution in [0.3, 0.4) is 0 Å². The molecule has 0 fully saturated rings. The molecule has 3 aromatic rings. The molecule has 0 aliphatic rings. The average Bonchev–Trinajstić information content (AvgIpc) is 2.55. The van der Waals surface area contributed by atoms with Crippen molar-refractivity contribution in [2.75, 3.05) is 0 Å². The van der Waals surface area contributed by atoms with E-state index in [-0.39, 0.29) is 11.0 Å². The summed E-state index contributed by atoms with van der Waals surface area (Å²) in [5, 5.41) is 12.3. The minimum absolute atomic E-state index is 0.156. The fourth-order valence-electron chi connectivity index (χ4n) is 2.15. The van der Waals surface area contributed by atoms with Crippen LogP contribution in [0.25, 0.3) is 11.3 Å². The highest BCUT2D eigenvalue weighted by Gasteiger charge is 2.12. The topological polar surface area (TPSA) is 53.3 Å². The minimum Gasteiger partial charge on any atom is -0.621 e. The number of aromatic nitrogens is 2. The Bertz CT molecular complexity index is 730. The van der Waals surface area contributed by atoms with Gasteiger partial charge in [-0.1, -0.05) is 48.5 Å². The van der Waals surface area contributed by atoms with Crippen LogP contribution in [0.15, 0.2) is 66.7 Å². The first-order valence-electron chi connectivity index (χ1n) is 6.75. The summed E-state index contributed by atoms with van der Waals surface area (Å²) in [5.74, 6) is 0.236. The van der Waals surface area contributed by atoms with Crippen molar-refractivity contribution in [3.63, 3.8) is 0 Å². The molecule has 4 heteroatoms. The molecule has 4 nitrogen and oxygen atoms in total. The van der Waals surface area contributed by atoms with E-state index in [9.17, 15) is 5.21 Å². The lowest BCUT2D eigenvalue weighted by molar-refractivity contribution is -0.704. The highest BCUT2D eigenvalue weighted by molar-refractivity contribution is 5.59. The molecule has 0 aliphatic heterocycles. The van der Waals surface area contributed by atoms with E-state index in [1.54, 1.807) is 12.1 Å². The molecule has 0 aliphatic carbocycles. The van der Waals surface area contributed by atoms with E-state index < -0.39 is 0 Å². The molecule has 1 unspecified atom stereocenters. The molecule has 3 rings (SSSR count). The third-order valence-corrected chi connectivity index (χ3v) is 3.16. The van der Waals surface area contributed by atoms with Crippen molar-refractivity contribution in [1.29, 1.82) is 0 Å². The van der Waals surface area contributed by atoms with Crippen LogP contribution in [0.2, 0.25) is 0 Å². The van der Waals surface area contributed by atoms with Crippen molar-refractivity contribution in [3.05, 3.63) is 77.6 Å². The predicted octanol–water partition coefficient (Wildman–Crippen LogP) is 2.80. The molecule has 0 saturated heterocycles. The molecule has 0 radical (unpaired) electrons. The van der Waals surface area contributed by atoms with Crippen LogP contribution in [0, 0.1) is 12.1 Å². The van der Waals surface area contributed by atoms with Gasteiger partial charge in [-0.15, -0.1) is 0 Å². The van der Waals surface area contributed by atoms with Crippen LogP contribution in [-0.2, 0) is 0 Å². The highest BCUT2D eigenvalue weighted by atomic mass is 16.5. The van der Waals surface area contributed by atoms with Gasteiger partial charge in [-0.2, -0.15) is 9.97 Å². The second-order valence-corrected chi connectivity index (χ2v) is 4.78. The number of rotatable bonds is 3. The minimum atomic E-state index is -0.156. The van der Waals surface area contributed by atoms with Crippen molar-refractivity contribution in [3.8, 4) is 11.3 Å². The molecule has 0 bridgehead atoms. The lowest BCUT2D eigenvalue weighted by atomic mass is 10.1. The van der Waals surface area contributed by atoms with E-state index >= 15 is 0 Å². The summed E-state index contributed by atoms with van der Waals surface area (Å²) in [6.45, 7) is 1.87. The van der Waals surface area contributed by atoms with Gasteiger partial charge in [0.15, 0.2) is 0 Å². The standard InChI is InChI=1S/C17H15N3O/c1-13-12-16(14-8-4-2-5-9-14)19-17(18-13)20(21)15-10-6-3-7-11-15/h2-12,20H,1H3. The first kappa shape index (κ1) is 13.4. The van der Waals surface area contributed by atoms with Gasteiger partial charge in [0.25, 0.3) is 0 Å². The number of hydrogen-bond donors (Lipinski definition) is 1. The molecule has 2 aromatic carbocycles. The van der Waals surface area contributed by atoms with Crippen LogP contribution in [0.5, 0.6) is 0 Å². The Kier molecular flexibility index (Phi) is 3.73. The highest BCUT2D eigenvalue weighted by Crippen LogP contribution is 2.18. The third-order valence-electron chi connectivity index (χ3n) is 3.16. The number of hydrogen-bond acceptors (Lipinski definition) is 3. The average molecular weight is 277 g/mol. The van der Waals surface area contributed by atoms with Gasteiger partial charge < -0.3 is 5.21 Å². The van der Waals surface area contributed by atoms with E-state index in [0.717, 1.165) is 17.0 Å². The fraction of sp³-hybridized carbons (Fsp3) is 0.0588. The van der Waals surface area contributed by atoms with Gasteiger partial charge in [-0.3, -0.25) is 5.06 Å². The summed E-state index contributed by atoms with van der Waals surface area (Å²) < 4.78 is 0. The smallest absolute Gasteiger partial charge is 0.333 e. The maximum absolute atomic E-state index is 12.5. The van der Waals surface area contributed by atoms with Crippen molar-refractivity contribution in [2.45, 2.75) is 6.92 Å². The zero-order valence-electron chi connectivity index (χ0n) is 11.7. The van der Waals surface area contributed by atoms with Gasteiger partial charge in [0, 0.05) is 11.3 Å². The van der Waals surface area contributed by atoms with E-state index in [1.807, 2.05) is 61.5 Å². The normalized spacial score (nSPS) is 12.1. The molecule has 0 amide bonds. The molecule has 1 heterocycles. The number of nitrogens with zero attached hydrogens (tertiary/aromatic N) is 2. The summed E-state index contributed by atoms with van der Waals surface area (Å²) in [7, 11) is 0. The quantitative estimate of drug-likeness (QED) is 0.749. The number of benzene rings is 2. The summed E-state index contributed by atoms with van der Waals surface area (Å²) >= 11 is 0. The molecule has 0 spiro atoms. The Morgan fingerprint density at radius 3 is 2.14 bits per heavy atom. The van der Waals surface area contributed by atoms with Crippen LogP contribution >= 0.6 is 0 Å². The Morgan fingerprint density at radius 2 is 1.48 bits per heavy atom. The predicted molar refractivity (Wildman–Crippen MR) is 82.3 cm³/mol. The van der Waals surface area contributed by atoms with E-state index in [1.165, 1.54) is 0 Å². The van der Waals surface area contributed by atoms with Gasteiger partial charge in [0.2, 0.25) is 0 Å². The van der Waals surface area contributed by atoms with Crippen LogP contribution in [0.4, 0.5) is 11.6 Å². The van der Waals surface area contributed by atoms with Crippen molar-refractivity contribution in [2.24, 2.45) is 0 Å². The van der Waals surface area contributed by atoms with E-state index in [2.05, 4.69) is 9.97 Å². The first-order chi connectivity index (χ1) is 10.2.